The van der Waals surface area contributed by atoms with E-state index in [1.54, 1.807) is 0 Å². The van der Waals surface area contributed by atoms with Crippen LogP contribution in [0.1, 0.15) is 48.4 Å². The molecule has 0 saturated heterocycles. The highest BCUT2D eigenvalue weighted by Crippen LogP contribution is 2.25. The molecule has 0 fully saturated rings. The Morgan fingerprint density at radius 1 is 1.32 bits per heavy atom. The Labute approximate surface area is 113 Å². The minimum Gasteiger partial charge on any atom is -0.469 e. The van der Waals surface area contributed by atoms with Crippen LogP contribution in [0.3, 0.4) is 0 Å². The average molecular weight is 267 g/mol. The molecule has 0 heterocycles. The van der Waals surface area contributed by atoms with Crippen LogP contribution in [0.4, 0.5) is 4.39 Å². The van der Waals surface area contributed by atoms with Gasteiger partial charge in [0.05, 0.1) is 7.11 Å². The monoisotopic (exact) mass is 267 g/mol. The predicted molar refractivity (Wildman–Crippen MR) is 73.3 cm³/mol. The highest BCUT2D eigenvalue weighted by molar-refractivity contribution is 5.68. The molecule has 0 spiro atoms. The molecule has 0 bridgehead atoms. The number of benzene rings is 1. The number of unbranched alkanes of at least 4 members (excludes halogenated alkanes) is 1. The standard InChI is InChI=1S/C15H22FNO2/c1-10-8-12(16)9-11(2)15(10)13(17)6-4-5-7-14(18)19-3/h8-9,13H,4-7,17H2,1-3H3. The maximum Gasteiger partial charge on any atom is 0.305 e. The number of hydrogen-bond acceptors (Lipinski definition) is 3. The number of carbonyl (C=O) groups is 1. The highest BCUT2D eigenvalue weighted by atomic mass is 19.1. The van der Waals surface area contributed by atoms with Crippen LogP contribution < -0.4 is 5.73 Å². The third-order valence-corrected chi connectivity index (χ3v) is 3.30. The Balaban J connectivity index is 2.54. The molecule has 0 aliphatic carbocycles. The van der Waals surface area contributed by atoms with E-state index in [-0.39, 0.29) is 17.8 Å². The van der Waals surface area contributed by atoms with Crippen molar-refractivity contribution in [3.63, 3.8) is 0 Å². The summed E-state index contributed by atoms with van der Waals surface area (Å²) in [5.74, 6) is -0.417. The van der Waals surface area contributed by atoms with E-state index in [0.717, 1.165) is 36.0 Å². The largest absolute Gasteiger partial charge is 0.469 e. The van der Waals surface area contributed by atoms with Crippen LogP contribution in [-0.4, -0.2) is 13.1 Å². The van der Waals surface area contributed by atoms with Gasteiger partial charge in [-0.2, -0.15) is 0 Å². The van der Waals surface area contributed by atoms with E-state index >= 15 is 0 Å². The van der Waals surface area contributed by atoms with Gasteiger partial charge in [-0.05, 0) is 55.5 Å². The normalized spacial score (nSPS) is 12.3. The Kier molecular flexibility index (Phi) is 5.96. The average Bonchev–Trinajstić information content (AvgIpc) is 2.33. The Morgan fingerprint density at radius 3 is 2.42 bits per heavy atom. The van der Waals surface area contributed by atoms with Crippen molar-refractivity contribution in [1.29, 1.82) is 0 Å². The van der Waals surface area contributed by atoms with Crippen molar-refractivity contribution in [1.82, 2.24) is 0 Å². The van der Waals surface area contributed by atoms with Crippen LogP contribution in [-0.2, 0) is 9.53 Å². The van der Waals surface area contributed by atoms with E-state index < -0.39 is 0 Å². The number of halogens is 1. The van der Waals surface area contributed by atoms with Crippen molar-refractivity contribution >= 4 is 5.97 Å². The van der Waals surface area contributed by atoms with Gasteiger partial charge in [0.25, 0.3) is 0 Å². The number of nitrogens with two attached hydrogens (primary N) is 1. The van der Waals surface area contributed by atoms with Crippen molar-refractivity contribution in [2.75, 3.05) is 7.11 Å². The van der Waals surface area contributed by atoms with Gasteiger partial charge in [0, 0.05) is 12.5 Å². The number of methoxy groups -OCH3 is 1. The summed E-state index contributed by atoms with van der Waals surface area (Å²) in [5.41, 5.74) is 8.94. The van der Waals surface area contributed by atoms with Gasteiger partial charge < -0.3 is 10.5 Å². The summed E-state index contributed by atoms with van der Waals surface area (Å²) in [6.45, 7) is 3.75. The van der Waals surface area contributed by atoms with E-state index in [4.69, 9.17) is 5.73 Å². The molecule has 4 heteroatoms. The Bertz CT molecular complexity index is 423. The molecular weight excluding hydrogens is 245 g/mol. The summed E-state index contributed by atoms with van der Waals surface area (Å²) in [7, 11) is 1.39. The molecule has 1 unspecified atom stereocenters. The zero-order chi connectivity index (χ0) is 14.4. The van der Waals surface area contributed by atoms with Crippen molar-refractivity contribution in [2.45, 2.75) is 45.6 Å². The molecule has 0 radical (unpaired) electrons. The fourth-order valence-corrected chi connectivity index (χ4v) is 2.39. The zero-order valence-corrected chi connectivity index (χ0v) is 11.8. The summed E-state index contributed by atoms with van der Waals surface area (Å²) in [6.07, 6.45) is 2.82. The minimum atomic E-state index is -0.225. The van der Waals surface area contributed by atoms with E-state index in [0.29, 0.717) is 6.42 Å². The Hall–Kier alpha value is -1.42. The van der Waals surface area contributed by atoms with E-state index in [1.807, 2.05) is 13.8 Å². The molecule has 106 valence electrons. The number of carbonyl (C=O) groups excluding carboxylic acids is 1. The molecular formula is C15H22FNO2. The maximum absolute atomic E-state index is 13.2. The van der Waals surface area contributed by atoms with Crippen LogP contribution in [0, 0.1) is 19.7 Å². The molecule has 0 aliphatic heterocycles. The van der Waals surface area contributed by atoms with Crippen molar-refractivity contribution in [2.24, 2.45) is 5.73 Å². The van der Waals surface area contributed by atoms with E-state index in [1.165, 1.54) is 19.2 Å². The fourth-order valence-electron chi connectivity index (χ4n) is 2.39. The number of aryl methyl sites for hydroxylation is 2. The lowest BCUT2D eigenvalue weighted by molar-refractivity contribution is -0.140. The van der Waals surface area contributed by atoms with Crippen LogP contribution in [0.15, 0.2) is 12.1 Å². The number of ether oxygens (including phenoxy) is 1. The SMILES string of the molecule is COC(=O)CCCCC(N)c1c(C)cc(F)cc1C. The molecule has 1 rings (SSSR count). The van der Waals surface area contributed by atoms with Crippen LogP contribution >= 0.6 is 0 Å². The molecule has 2 N–H and O–H groups in total. The fraction of sp³-hybridized carbons (Fsp3) is 0.533. The first-order chi connectivity index (χ1) is 8.95. The van der Waals surface area contributed by atoms with Gasteiger partial charge in [-0.25, -0.2) is 4.39 Å². The molecule has 1 aromatic rings. The Morgan fingerprint density at radius 2 is 1.89 bits per heavy atom. The predicted octanol–water partition coefficient (Wildman–Crippen LogP) is 3.18. The first-order valence-electron chi connectivity index (χ1n) is 6.54. The summed E-state index contributed by atoms with van der Waals surface area (Å²) in [6, 6.07) is 2.91. The zero-order valence-electron chi connectivity index (χ0n) is 11.8. The van der Waals surface area contributed by atoms with Crippen LogP contribution in [0.25, 0.3) is 0 Å². The topological polar surface area (TPSA) is 52.3 Å². The van der Waals surface area contributed by atoms with Gasteiger partial charge in [-0.1, -0.05) is 6.42 Å². The van der Waals surface area contributed by atoms with Gasteiger partial charge in [0.15, 0.2) is 0 Å². The number of rotatable bonds is 6. The lowest BCUT2D eigenvalue weighted by Crippen LogP contribution is -2.14. The smallest absolute Gasteiger partial charge is 0.305 e. The number of hydrogen-bond donors (Lipinski definition) is 1. The maximum atomic E-state index is 13.2. The molecule has 1 aromatic carbocycles. The quantitative estimate of drug-likeness (QED) is 0.636. The first-order valence-corrected chi connectivity index (χ1v) is 6.54. The molecule has 0 aromatic heterocycles. The van der Waals surface area contributed by atoms with E-state index in [2.05, 4.69) is 4.74 Å². The number of esters is 1. The molecule has 0 aliphatic rings. The third kappa shape index (κ3) is 4.63. The summed E-state index contributed by atoms with van der Waals surface area (Å²) >= 11 is 0. The van der Waals surface area contributed by atoms with Crippen LogP contribution in [0.2, 0.25) is 0 Å². The van der Waals surface area contributed by atoms with E-state index in [9.17, 15) is 9.18 Å². The van der Waals surface area contributed by atoms with Gasteiger partial charge >= 0.3 is 5.97 Å². The molecule has 3 nitrogen and oxygen atoms in total. The second-order valence-corrected chi connectivity index (χ2v) is 4.88. The lowest BCUT2D eigenvalue weighted by Gasteiger charge is -2.17. The van der Waals surface area contributed by atoms with Crippen molar-refractivity contribution in [3.05, 3.63) is 34.6 Å². The van der Waals surface area contributed by atoms with Gasteiger partial charge in [-0.3, -0.25) is 4.79 Å². The summed E-state index contributed by atoms with van der Waals surface area (Å²) in [4.78, 5) is 11.0. The molecule has 19 heavy (non-hydrogen) atoms. The highest BCUT2D eigenvalue weighted by Gasteiger charge is 2.13. The minimum absolute atomic E-state index is 0.113. The van der Waals surface area contributed by atoms with Crippen LogP contribution in [0.5, 0.6) is 0 Å². The second-order valence-electron chi connectivity index (χ2n) is 4.88. The molecule has 0 saturated carbocycles. The summed E-state index contributed by atoms with van der Waals surface area (Å²) in [5, 5.41) is 0. The molecule has 0 amide bonds. The lowest BCUT2D eigenvalue weighted by atomic mass is 9.93. The van der Waals surface area contributed by atoms with Crippen molar-refractivity contribution < 1.29 is 13.9 Å². The second kappa shape index (κ2) is 7.24. The third-order valence-electron chi connectivity index (χ3n) is 3.30. The summed E-state index contributed by atoms with van der Waals surface area (Å²) < 4.78 is 17.8. The molecule has 1 atom stereocenters. The first kappa shape index (κ1) is 15.6. The van der Waals surface area contributed by atoms with Crippen molar-refractivity contribution in [3.8, 4) is 0 Å². The van der Waals surface area contributed by atoms with Gasteiger partial charge in [-0.15, -0.1) is 0 Å². The van der Waals surface area contributed by atoms with Gasteiger partial charge in [0.1, 0.15) is 5.82 Å². The van der Waals surface area contributed by atoms with Gasteiger partial charge in [0.2, 0.25) is 0 Å².